The van der Waals surface area contributed by atoms with Crippen molar-refractivity contribution in [1.82, 2.24) is 25.1 Å². The Morgan fingerprint density at radius 1 is 1.21 bits per heavy atom. The summed E-state index contributed by atoms with van der Waals surface area (Å²) in [6.45, 7) is 2.31. The van der Waals surface area contributed by atoms with E-state index in [2.05, 4.69) is 15.5 Å². The second-order valence-electron chi connectivity index (χ2n) is 5.79. The van der Waals surface area contributed by atoms with Crippen LogP contribution in [0.15, 0.2) is 0 Å². The third kappa shape index (κ3) is 2.17. The van der Waals surface area contributed by atoms with Gasteiger partial charge in [-0.15, -0.1) is 10.2 Å². The lowest BCUT2D eigenvalue weighted by atomic mass is 9.85. The first-order valence-corrected chi connectivity index (χ1v) is 8.13. The van der Waals surface area contributed by atoms with E-state index in [0.717, 1.165) is 29.7 Å². The predicted molar refractivity (Wildman–Crippen MR) is 74.5 cm³/mol. The third-order valence-corrected chi connectivity index (χ3v) is 5.31. The molecule has 2 aliphatic rings. The Kier molecular flexibility index (Phi) is 3.00. The molecule has 1 N–H and O–H groups in total. The van der Waals surface area contributed by atoms with Crippen molar-refractivity contribution in [2.24, 2.45) is 5.92 Å². The van der Waals surface area contributed by atoms with Gasteiger partial charge in [0.05, 0.1) is 0 Å². The smallest absolute Gasteiger partial charge is 0.234 e. The first-order chi connectivity index (χ1) is 9.40. The second-order valence-corrected chi connectivity index (χ2v) is 6.83. The largest absolute Gasteiger partial charge is 0.316 e. The second kappa shape index (κ2) is 4.83. The molecule has 6 heteroatoms. The highest BCUT2D eigenvalue weighted by atomic mass is 32.1. The summed E-state index contributed by atoms with van der Waals surface area (Å²) in [6.07, 6.45) is 7.53. The molecule has 0 spiro atoms. The zero-order valence-corrected chi connectivity index (χ0v) is 11.8. The van der Waals surface area contributed by atoms with E-state index in [1.807, 2.05) is 4.52 Å². The maximum absolute atomic E-state index is 4.75. The molecule has 0 aromatic carbocycles. The molecule has 102 valence electrons. The van der Waals surface area contributed by atoms with Crippen molar-refractivity contribution in [1.29, 1.82) is 0 Å². The number of rotatable bonds is 3. The average Bonchev–Trinajstić information content (AvgIpc) is 2.90. The van der Waals surface area contributed by atoms with Gasteiger partial charge in [0, 0.05) is 12.3 Å². The zero-order chi connectivity index (χ0) is 12.7. The fourth-order valence-corrected chi connectivity index (χ4v) is 3.98. The van der Waals surface area contributed by atoms with Crippen molar-refractivity contribution >= 4 is 16.3 Å². The first-order valence-electron chi connectivity index (χ1n) is 7.32. The molecule has 1 aliphatic heterocycles. The number of nitrogens with one attached hydrogen (secondary N) is 1. The van der Waals surface area contributed by atoms with Crippen molar-refractivity contribution in [3.8, 4) is 0 Å². The molecule has 19 heavy (non-hydrogen) atoms. The maximum atomic E-state index is 4.75. The number of aromatic nitrogens is 4. The van der Waals surface area contributed by atoms with Crippen LogP contribution in [0, 0.1) is 5.92 Å². The van der Waals surface area contributed by atoms with Crippen LogP contribution >= 0.6 is 11.3 Å². The van der Waals surface area contributed by atoms with Crippen LogP contribution in [-0.4, -0.2) is 32.9 Å². The van der Waals surface area contributed by atoms with Crippen LogP contribution in [0.25, 0.3) is 4.96 Å². The van der Waals surface area contributed by atoms with E-state index in [-0.39, 0.29) is 0 Å². The number of piperidine rings is 1. The lowest BCUT2D eigenvalue weighted by Gasteiger charge is -2.22. The Bertz CT molecular complexity index is 565. The highest BCUT2D eigenvalue weighted by Crippen LogP contribution is 2.35. The van der Waals surface area contributed by atoms with Gasteiger partial charge in [-0.3, -0.25) is 0 Å². The Morgan fingerprint density at radius 2 is 2.16 bits per heavy atom. The van der Waals surface area contributed by atoms with Gasteiger partial charge in [0.25, 0.3) is 0 Å². The molecule has 2 aromatic heterocycles. The molecule has 4 rings (SSSR count). The molecule has 2 fully saturated rings. The number of nitrogens with zero attached hydrogens (tertiary/aromatic N) is 4. The summed E-state index contributed by atoms with van der Waals surface area (Å²) in [5.74, 6) is 2.43. The lowest BCUT2D eigenvalue weighted by Crippen LogP contribution is -2.30. The minimum Gasteiger partial charge on any atom is -0.316 e. The Balaban J connectivity index is 1.55. The summed E-state index contributed by atoms with van der Waals surface area (Å²) < 4.78 is 2.00. The van der Waals surface area contributed by atoms with E-state index in [9.17, 15) is 0 Å². The summed E-state index contributed by atoms with van der Waals surface area (Å²) >= 11 is 1.71. The highest BCUT2D eigenvalue weighted by molar-refractivity contribution is 7.16. The zero-order valence-electron chi connectivity index (χ0n) is 11.0. The topological polar surface area (TPSA) is 55.1 Å². The van der Waals surface area contributed by atoms with Crippen molar-refractivity contribution in [3.05, 3.63) is 10.8 Å². The van der Waals surface area contributed by atoms with Gasteiger partial charge < -0.3 is 5.32 Å². The van der Waals surface area contributed by atoms with Gasteiger partial charge in [-0.1, -0.05) is 17.8 Å². The molecule has 1 aliphatic carbocycles. The van der Waals surface area contributed by atoms with Crippen molar-refractivity contribution < 1.29 is 0 Å². The third-order valence-electron chi connectivity index (χ3n) is 4.39. The highest BCUT2D eigenvalue weighted by Gasteiger charge is 2.26. The van der Waals surface area contributed by atoms with Gasteiger partial charge >= 0.3 is 0 Å². The van der Waals surface area contributed by atoms with E-state index in [4.69, 9.17) is 5.10 Å². The van der Waals surface area contributed by atoms with Crippen LogP contribution in [0.5, 0.6) is 0 Å². The fraction of sp³-hybridized carbons (Fsp3) is 0.769. The van der Waals surface area contributed by atoms with Crippen molar-refractivity contribution in [3.63, 3.8) is 0 Å². The van der Waals surface area contributed by atoms with Gasteiger partial charge in [0.2, 0.25) is 4.96 Å². The van der Waals surface area contributed by atoms with Gasteiger partial charge in [-0.05, 0) is 44.7 Å². The molecule has 3 heterocycles. The van der Waals surface area contributed by atoms with E-state index in [0.29, 0.717) is 5.92 Å². The molecule has 1 atom stereocenters. The summed E-state index contributed by atoms with van der Waals surface area (Å²) in [7, 11) is 0. The molecule has 1 saturated carbocycles. The summed E-state index contributed by atoms with van der Waals surface area (Å²) in [5, 5.41) is 18.0. The SMILES string of the molecule is C1CNCC(Cc2nn3c(C4CCC4)nnc3s2)C1. The maximum Gasteiger partial charge on any atom is 0.234 e. The molecule has 0 amide bonds. The van der Waals surface area contributed by atoms with Gasteiger partial charge in [0.1, 0.15) is 5.01 Å². The molecule has 1 unspecified atom stereocenters. The monoisotopic (exact) mass is 277 g/mol. The molecule has 1 saturated heterocycles. The summed E-state index contributed by atoms with van der Waals surface area (Å²) in [5.41, 5.74) is 0. The molecular weight excluding hydrogens is 258 g/mol. The van der Waals surface area contributed by atoms with E-state index >= 15 is 0 Å². The van der Waals surface area contributed by atoms with E-state index < -0.39 is 0 Å². The quantitative estimate of drug-likeness (QED) is 0.932. The Hall–Kier alpha value is -1.01. The first kappa shape index (κ1) is 11.8. The average molecular weight is 277 g/mol. The molecule has 2 aromatic rings. The van der Waals surface area contributed by atoms with Crippen LogP contribution in [-0.2, 0) is 6.42 Å². The van der Waals surface area contributed by atoms with E-state index in [1.54, 1.807) is 11.3 Å². The minimum absolute atomic E-state index is 0.598. The lowest BCUT2D eigenvalue weighted by molar-refractivity contribution is 0.373. The standard InChI is InChI=1S/C13H19N5S/c1-4-10(5-1)12-15-16-13-18(12)17-11(19-13)7-9-3-2-6-14-8-9/h9-10,14H,1-8H2. The van der Waals surface area contributed by atoms with Crippen LogP contribution in [0.3, 0.4) is 0 Å². The summed E-state index contributed by atoms with van der Waals surface area (Å²) in [6, 6.07) is 0. The van der Waals surface area contributed by atoms with Gasteiger partial charge in [-0.25, -0.2) is 0 Å². The minimum atomic E-state index is 0.598. The molecule has 5 nitrogen and oxygen atoms in total. The van der Waals surface area contributed by atoms with Crippen molar-refractivity contribution in [2.75, 3.05) is 13.1 Å². The van der Waals surface area contributed by atoms with E-state index in [1.165, 1.54) is 43.7 Å². The van der Waals surface area contributed by atoms with Crippen molar-refractivity contribution in [2.45, 2.75) is 44.4 Å². The number of fused-ring (bicyclic) bond motifs is 1. The molecule has 0 bridgehead atoms. The molecular formula is C13H19N5S. The molecule has 0 radical (unpaired) electrons. The number of hydrogen-bond acceptors (Lipinski definition) is 5. The number of hydrogen-bond donors (Lipinski definition) is 1. The normalized spacial score (nSPS) is 24.7. The van der Waals surface area contributed by atoms with Crippen LogP contribution in [0.2, 0.25) is 0 Å². The fourth-order valence-electron chi connectivity index (χ4n) is 3.02. The van der Waals surface area contributed by atoms with Crippen LogP contribution in [0.1, 0.15) is 48.9 Å². The summed E-state index contributed by atoms with van der Waals surface area (Å²) in [4.78, 5) is 0.973. The van der Waals surface area contributed by atoms with Crippen LogP contribution < -0.4 is 5.32 Å². The van der Waals surface area contributed by atoms with Gasteiger partial charge in [0.15, 0.2) is 5.82 Å². The Morgan fingerprint density at radius 3 is 2.89 bits per heavy atom. The predicted octanol–water partition coefficient (Wildman–Crippen LogP) is 2.00. The van der Waals surface area contributed by atoms with Crippen LogP contribution in [0.4, 0.5) is 0 Å². The Labute approximate surface area is 116 Å². The van der Waals surface area contributed by atoms with Gasteiger partial charge in [-0.2, -0.15) is 9.61 Å².